The number of nitrogens with zero attached hydrogens (tertiary/aromatic N) is 1. The smallest absolute Gasteiger partial charge is 0.0410 e. The van der Waals surface area contributed by atoms with Crippen LogP contribution < -0.4 is 10.6 Å². The van der Waals surface area contributed by atoms with E-state index in [1.165, 1.54) is 11.4 Å². The summed E-state index contributed by atoms with van der Waals surface area (Å²) < 4.78 is 0. The molecule has 0 atom stereocenters. The molecule has 0 aliphatic rings. The maximum atomic E-state index is 5.61. The van der Waals surface area contributed by atoms with E-state index in [0.29, 0.717) is 0 Å². The predicted octanol–water partition coefficient (Wildman–Crippen LogP) is 3.17. The van der Waals surface area contributed by atoms with Crippen LogP contribution in [0.3, 0.4) is 0 Å². The number of rotatable bonds is 5. The van der Waals surface area contributed by atoms with E-state index in [1.54, 1.807) is 0 Å². The Morgan fingerprint density at radius 2 is 1.24 bits per heavy atom. The van der Waals surface area contributed by atoms with Crippen LogP contribution in [-0.4, -0.2) is 13.1 Å². The molecule has 0 saturated heterocycles. The first kappa shape index (κ1) is 11.7. The SMILES string of the molecule is NCCCN(c1ccccc1)c1ccccc1. The van der Waals surface area contributed by atoms with E-state index in [2.05, 4.69) is 53.4 Å². The van der Waals surface area contributed by atoms with Gasteiger partial charge < -0.3 is 10.6 Å². The quantitative estimate of drug-likeness (QED) is 0.848. The van der Waals surface area contributed by atoms with Crippen molar-refractivity contribution in [3.05, 3.63) is 60.7 Å². The van der Waals surface area contributed by atoms with Crippen LogP contribution in [0.2, 0.25) is 0 Å². The standard InChI is InChI=1S/C15H18N2/c16-12-7-13-17(14-8-3-1-4-9-14)15-10-5-2-6-11-15/h1-6,8-11H,7,12-13,16H2. The van der Waals surface area contributed by atoms with Gasteiger partial charge in [0.2, 0.25) is 0 Å². The van der Waals surface area contributed by atoms with Crippen molar-refractivity contribution in [2.24, 2.45) is 5.73 Å². The molecule has 88 valence electrons. The summed E-state index contributed by atoms with van der Waals surface area (Å²) in [6, 6.07) is 20.8. The van der Waals surface area contributed by atoms with Gasteiger partial charge in [-0.3, -0.25) is 0 Å². The van der Waals surface area contributed by atoms with E-state index in [-0.39, 0.29) is 0 Å². The van der Waals surface area contributed by atoms with Crippen LogP contribution in [-0.2, 0) is 0 Å². The molecule has 2 heteroatoms. The lowest BCUT2D eigenvalue weighted by Crippen LogP contribution is -2.20. The maximum Gasteiger partial charge on any atom is 0.0410 e. The molecule has 2 aromatic rings. The zero-order valence-corrected chi connectivity index (χ0v) is 9.92. The average molecular weight is 226 g/mol. The van der Waals surface area contributed by atoms with Crippen molar-refractivity contribution in [3.8, 4) is 0 Å². The summed E-state index contributed by atoms with van der Waals surface area (Å²) in [5, 5.41) is 0. The third-order valence-corrected chi connectivity index (χ3v) is 2.72. The number of hydrogen-bond donors (Lipinski definition) is 1. The highest BCUT2D eigenvalue weighted by molar-refractivity contribution is 5.62. The first-order valence-corrected chi connectivity index (χ1v) is 5.99. The molecule has 17 heavy (non-hydrogen) atoms. The second-order valence-corrected chi connectivity index (χ2v) is 3.96. The molecule has 0 unspecified atom stereocenters. The highest BCUT2D eigenvalue weighted by Crippen LogP contribution is 2.24. The summed E-state index contributed by atoms with van der Waals surface area (Å²) in [5.41, 5.74) is 8.04. The van der Waals surface area contributed by atoms with Gasteiger partial charge in [0.15, 0.2) is 0 Å². The second kappa shape index (κ2) is 6.06. The Morgan fingerprint density at radius 3 is 1.65 bits per heavy atom. The van der Waals surface area contributed by atoms with E-state index in [1.807, 2.05) is 12.1 Å². The van der Waals surface area contributed by atoms with Gasteiger partial charge in [-0.05, 0) is 37.2 Å². The highest BCUT2D eigenvalue weighted by atomic mass is 15.1. The third kappa shape index (κ3) is 3.08. The zero-order valence-electron chi connectivity index (χ0n) is 9.92. The van der Waals surface area contributed by atoms with Crippen molar-refractivity contribution < 1.29 is 0 Å². The Morgan fingerprint density at radius 1 is 0.765 bits per heavy atom. The largest absolute Gasteiger partial charge is 0.341 e. The lowest BCUT2D eigenvalue weighted by atomic mass is 10.2. The van der Waals surface area contributed by atoms with Gasteiger partial charge in [0.1, 0.15) is 0 Å². The Bertz CT molecular complexity index is 386. The van der Waals surface area contributed by atoms with Gasteiger partial charge in [0, 0.05) is 17.9 Å². The van der Waals surface area contributed by atoms with Crippen LogP contribution in [0.15, 0.2) is 60.7 Å². The molecule has 0 saturated carbocycles. The van der Waals surface area contributed by atoms with Gasteiger partial charge in [0.25, 0.3) is 0 Å². The van der Waals surface area contributed by atoms with E-state index in [0.717, 1.165) is 19.5 Å². The van der Waals surface area contributed by atoms with Gasteiger partial charge in [-0.2, -0.15) is 0 Å². The fourth-order valence-corrected chi connectivity index (χ4v) is 1.87. The minimum atomic E-state index is 0.718. The van der Waals surface area contributed by atoms with Crippen LogP contribution in [0.1, 0.15) is 6.42 Å². The molecule has 0 amide bonds. The normalized spacial score (nSPS) is 10.2. The van der Waals surface area contributed by atoms with Crippen LogP contribution in [0, 0.1) is 0 Å². The number of anilines is 2. The molecule has 0 spiro atoms. The van der Waals surface area contributed by atoms with E-state index in [4.69, 9.17) is 5.73 Å². The van der Waals surface area contributed by atoms with Crippen molar-refractivity contribution in [3.63, 3.8) is 0 Å². The number of para-hydroxylation sites is 2. The topological polar surface area (TPSA) is 29.3 Å². The summed E-state index contributed by atoms with van der Waals surface area (Å²) in [6.45, 7) is 1.67. The van der Waals surface area contributed by atoms with Crippen LogP contribution in [0.4, 0.5) is 11.4 Å². The minimum absolute atomic E-state index is 0.718. The van der Waals surface area contributed by atoms with Crippen molar-refractivity contribution >= 4 is 11.4 Å². The van der Waals surface area contributed by atoms with Crippen molar-refractivity contribution in [1.82, 2.24) is 0 Å². The lowest BCUT2D eigenvalue weighted by molar-refractivity contribution is 0.818. The Hall–Kier alpha value is -1.80. The van der Waals surface area contributed by atoms with Crippen molar-refractivity contribution in [2.45, 2.75) is 6.42 Å². The van der Waals surface area contributed by atoms with E-state index < -0.39 is 0 Å². The van der Waals surface area contributed by atoms with Crippen LogP contribution >= 0.6 is 0 Å². The summed E-state index contributed by atoms with van der Waals surface area (Å²) in [4.78, 5) is 2.30. The first-order chi connectivity index (χ1) is 8.42. The fourth-order valence-electron chi connectivity index (χ4n) is 1.87. The Labute approximate surface area is 103 Å². The van der Waals surface area contributed by atoms with Crippen molar-refractivity contribution in [2.75, 3.05) is 18.0 Å². The number of nitrogens with two attached hydrogens (primary N) is 1. The molecule has 0 aliphatic heterocycles. The molecule has 2 N–H and O–H groups in total. The molecule has 2 rings (SSSR count). The molecule has 0 fully saturated rings. The maximum absolute atomic E-state index is 5.61. The van der Waals surface area contributed by atoms with Gasteiger partial charge in [-0.1, -0.05) is 36.4 Å². The first-order valence-electron chi connectivity index (χ1n) is 5.99. The molecule has 2 aromatic carbocycles. The summed E-state index contributed by atoms with van der Waals surface area (Å²) in [5.74, 6) is 0. The highest BCUT2D eigenvalue weighted by Gasteiger charge is 2.07. The number of benzene rings is 2. The Balaban J connectivity index is 2.26. The van der Waals surface area contributed by atoms with Gasteiger partial charge in [-0.15, -0.1) is 0 Å². The summed E-state index contributed by atoms with van der Waals surface area (Å²) in [7, 11) is 0. The minimum Gasteiger partial charge on any atom is -0.341 e. The molecule has 0 bridgehead atoms. The van der Waals surface area contributed by atoms with Gasteiger partial charge in [-0.25, -0.2) is 0 Å². The van der Waals surface area contributed by atoms with E-state index in [9.17, 15) is 0 Å². The average Bonchev–Trinajstić information content (AvgIpc) is 2.42. The summed E-state index contributed by atoms with van der Waals surface area (Å²) >= 11 is 0. The molecule has 0 radical (unpaired) electrons. The number of hydrogen-bond acceptors (Lipinski definition) is 2. The third-order valence-electron chi connectivity index (χ3n) is 2.72. The van der Waals surface area contributed by atoms with Crippen LogP contribution in [0.5, 0.6) is 0 Å². The lowest BCUT2D eigenvalue weighted by Gasteiger charge is -2.24. The van der Waals surface area contributed by atoms with Gasteiger partial charge in [0.05, 0.1) is 0 Å². The van der Waals surface area contributed by atoms with E-state index >= 15 is 0 Å². The molecule has 0 aromatic heterocycles. The fraction of sp³-hybridized carbons (Fsp3) is 0.200. The predicted molar refractivity (Wildman–Crippen MR) is 73.6 cm³/mol. The molecule has 0 heterocycles. The zero-order chi connectivity index (χ0) is 11.9. The monoisotopic (exact) mass is 226 g/mol. The van der Waals surface area contributed by atoms with Crippen LogP contribution in [0.25, 0.3) is 0 Å². The molecule has 0 aliphatic carbocycles. The summed E-state index contributed by atoms with van der Waals surface area (Å²) in [6.07, 6.45) is 0.990. The van der Waals surface area contributed by atoms with Crippen molar-refractivity contribution in [1.29, 1.82) is 0 Å². The van der Waals surface area contributed by atoms with Gasteiger partial charge >= 0.3 is 0 Å². The Kier molecular flexibility index (Phi) is 4.17. The second-order valence-electron chi connectivity index (χ2n) is 3.96. The molecular formula is C15H18N2. The molecular weight excluding hydrogens is 208 g/mol. The molecule has 2 nitrogen and oxygen atoms in total.